The number of carboxylic acid groups (broad SMARTS) is 1. The van der Waals surface area contributed by atoms with Gasteiger partial charge in [-0.1, -0.05) is 35.6 Å². The summed E-state index contributed by atoms with van der Waals surface area (Å²) < 4.78 is 28.2. The molecule has 0 unspecified atom stereocenters. The van der Waals surface area contributed by atoms with Crippen molar-refractivity contribution < 1.29 is 23.1 Å². The minimum atomic E-state index is -3.87. The van der Waals surface area contributed by atoms with Crippen LogP contribution in [0.5, 0.6) is 0 Å². The van der Waals surface area contributed by atoms with E-state index in [4.69, 9.17) is 5.11 Å². The second-order valence-electron chi connectivity index (χ2n) is 6.88. The van der Waals surface area contributed by atoms with Gasteiger partial charge in [0.2, 0.25) is 5.91 Å². The number of thiazole rings is 1. The molecule has 0 aliphatic heterocycles. The zero-order valence-electron chi connectivity index (χ0n) is 16.9. The molecule has 8 nitrogen and oxygen atoms in total. The highest BCUT2D eigenvalue weighted by atomic mass is 32.2. The molecule has 0 aliphatic carbocycles. The fraction of sp³-hybridized carbons (Fsp3) is 0.190. The number of nitrogens with one attached hydrogen (secondary N) is 2. The lowest BCUT2D eigenvalue weighted by Crippen LogP contribution is -2.12. The van der Waals surface area contributed by atoms with Crippen molar-refractivity contribution in [1.82, 2.24) is 4.98 Å². The maximum absolute atomic E-state index is 12.8. The number of benzene rings is 2. The second-order valence-corrected chi connectivity index (χ2v) is 9.76. The Hall–Kier alpha value is -3.24. The molecule has 3 N–H and O–H groups in total. The number of anilines is 2. The van der Waals surface area contributed by atoms with Gasteiger partial charge in [-0.15, -0.1) is 0 Å². The minimum absolute atomic E-state index is 0.0344. The van der Waals surface area contributed by atoms with Gasteiger partial charge in [-0.25, -0.2) is 18.2 Å². The molecular weight excluding hydrogens is 438 g/mol. The number of hydrogen-bond acceptors (Lipinski definition) is 6. The Labute approximate surface area is 184 Å². The smallest absolute Gasteiger partial charge is 0.335 e. The van der Waals surface area contributed by atoms with Gasteiger partial charge in [0.1, 0.15) is 0 Å². The third kappa shape index (κ3) is 5.89. The van der Waals surface area contributed by atoms with Gasteiger partial charge in [0.15, 0.2) is 9.34 Å². The van der Waals surface area contributed by atoms with E-state index in [0.717, 1.165) is 22.5 Å². The molecule has 31 heavy (non-hydrogen) atoms. The van der Waals surface area contributed by atoms with Crippen LogP contribution in [-0.4, -0.2) is 30.4 Å². The molecule has 2 aromatic carbocycles. The number of nitrogens with zero attached hydrogens (tertiary/aromatic N) is 1. The first kappa shape index (κ1) is 22.4. The lowest BCUT2D eigenvalue weighted by molar-refractivity contribution is -0.114. The van der Waals surface area contributed by atoms with Crippen LogP contribution in [0.2, 0.25) is 0 Å². The first-order valence-corrected chi connectivity index (χ1v) is 11.6. The SMILES string of the molecule is CC(=O)Nc1nc(C)c(S(=O)(=O)Nc2cccc(CCc3cccc(C(=O)O)c3)c2)s1. The number of rotatable bonds is 8. The van der Waals surface area contributed by atoms with E-state index in [1.54, 1.807) is 43.3 Å². The summed E-state index contributed by atoms with van der Waals surface area (Å²) >= 11 is 0.888. The van der Waals surface area contributed by atoms with Crippen molar-refractivity contribution in [3.05, 3.63) is 70.9 Å². The minimum Gasteiger partial charge on any atom is -0.478 e. The number of aromatic carboxylic acids is 1. The average Bonchev–Trinajstić information content (AvgIpc) is 3.07. The standard InChI is InChI=1S/C21H21N3O5S2/c1-13-20(30-21(22-13)23-14(2)25)31(28,29)24-18-8-4-6-16(12-18)10-9-15-5-3-7-17(11-15)19(26)27/h3-8,11-12,24H,9-10H2,1-2H3,(H,26,27)(H,22,23,25). The molecule has 3 rings (SSSR count). The van der Waals surface area contributed by atoms with Crippen LogP contribution in [0.3, 0.4) is 0 Å². The van der Waals surface area contributed by atoms with Crippen molar-refractivity contribution >= 4 is 44.1 Å². The third-order valence-electron chi connectivity index (χ3n) is 4.34. The summed E-state index contributed by atoms with van der Waals surface area (Å²) in [7, 11) is -3.87. The molecule has 0 saturated carbocycles. The number of amides is 1. The van der Waals surface area contributed by atoms with E-state index in [9.17, 15) is 18.0 Å². The molecule has 0 saturated heterocycles. The fourth-order valence-electron chi connectivity index (χ4n) is 2.98. The van der Waals surface area contributed by atoms with Crippen molar-refractivity contribution in [1.29, 1.82) is 0 Å². The molecule has 0 bridgehead atoms. The van der Waals surface area contributed by atoms with Crippen molar-refractivity contribution in [2.45, 2.75) is 30.9 Å². The van der Waals surface area contributed by atoms with Gasteiger partial charge in [0.25, 0.3) is 10.0 Å². The van der Waals surface area contributed by atoms with E-state index < -0.39 is 16.0 Å². The van der Waals surface area contributed by atoms with Gasteiger partial charge in [0, 0.05) is 12.6 Å². The second kappa shape index (κ2) is 9.27. The molecular formula is C21H21N3O5S2. The zero-order chi connectivity index (χ0) is 22.6. The molecule has 3 aromatic rings. The lowest BCUT2D eigenvalue weighted by Gasteiger charge is -2.09. The van der Waals surface area contributed by atoms with Crippen LogP contribution in [0.25, 0.3) is 0 Å². The van der Waals surface area contributed by atoms with Gasteiger partial charge in [-0.3, -0.25) is 9.52 Å². The third-order valence-corrected chi connectivity index (χ3v) is 7.40. The highest BCUT2D eigenvalue weighted by Gasteiger charge is 2.22. The molecule has 1 aromatic heterocycles. The molecule has 0 aliphatic rings. The fourth-order valence-corrected chi connectivity index (χ4v) is 5.49. The van der Waals surface area contributed by atoms with Crippen LogP contribution in [0, 0.1) is 6.92 Å². The average molecular weight is 460 g/mol. The maximum atomic E-state index is 12.8. The summed E-state index contributed by atoms with van der Waals surface area (Å²) in [4.78, 5) is 26.4. The summed E-state index contributed by atoms with van der Waals surface area (Å²) in [6.45, 7) is 2.89. The first-order valence-electron chi connectivity index (χ1n) is 9.33. The molecule has 0 atom stereocenters. The molecule has 10 heteroatoms. The van der Waals surface area contributed by atoms with Crippen molar-refractivity contribution in [3.8, 4) is 0 Å². The predicted octanol–water partition coefficient (Wildman–Crippen LogP) is 3.69. The van der Waals surface area contributed by atoms with E-state index >= 15 is 0 Å². The molecule has 162 valence electrons. The quantitative estimate of drug-likeness (QED) is 0.472. The first-order chi connectivity index (χ1) is 14.6. The van der Waals surface area contributed by atoms with Crippen molar-refractivity contribution in [3.63, 3.8) is 0 Å². The zero-order valence-corrected chi connectivity index (χ0v) is 18.5. The normalized spacial score (nSPS) is 11.2. The maximum Gasteiger partial charge on any atom is 0.335 e. The molecule has 1 heterocycles. The Morgan fingerprint density at radius 3 is 2.35 bits per heavy atom. The van der Waals surface area contributed by atoms with Gasteiger partial charge in [-0.2, -0.15) is 0 Å². The van der Waals surface area contributed by atoms with Gasteiger partial charge < -0.3 is 10.4 Å². The summed E-state index contributed by atoms with van der Waals surface area (Å²) in [5.41, 5.74) is 2.73. The van der Waals surface area contributed by atoms with Crippen LogP contribution in [-0.2, 0) is 27.7 Å². The Morgan fingerprint density at radius 1 is 1.06 bits per heavy atom. The Balaban J connectivity index is 1.73. The van der Waals surface area contributed by atoms with E-state index in [0.29, 0.717) is 24.2 Å². The highest BCUT2D eigenvalue weighted by Crippen LogP contribution is 2.29. The van der Waals surface area contributed by atoms with Crippen LogP contribution in [0.15, 0.2) is 52.7 Å². The molecule has 0 fully saturated rings. The van der Waals surface area contributed by atoms with Crippen molar-refractivity contribution in [2.75, 3.05) is 10.0 Å². The summed E-state index contributed by atoms with van der Waals surface area (Å²) in [6, 6.07) is 13.8. The number of carbonyl (C=O) groups excluding carboxylic acids is 1. The topological polar surface area (TPSA) is 125 Å². The molecule has 0 radical (unpaired) electrons. The highest BCUT2D eigenvalue weighted by molar-refractivity contribution is 7.94. The van der Waals surface area contributed by atoms with Crippen molar-refractivity contribution in [2.24, 2.45) is 0 Å². The van der Waals surface area contributed by atoms with Crippen LogP contribution in [0.1, 0.15) is 34.1 Å². The summed E-state index contributed by atoms with van der Waals surface area (Å²) in [5, 5.41) is 11.8. The van der Waals surface area contributed by atoms with E-state index in [1.807, 2.05) is 12.1 Å². The lowest BCUT2D eigenvalue weighted by atomic mass is 10.0. The number of aryl methyl sites for hydroxylation is 3. The number of carboxylic acids is 1. The number of sulfonamides is 1. The monoisotopic (exact) mass is 459 g/mol. The van der Waals surface area contributed by atoms with E-state index in [1.165, 1.54) is 6.92 Å². The van der Waals surface area contributed by atoms with Gasteiger partial charge in [-0.05, 0) is 55.2 Å². The predicted molar refractivity (Wildman–Crippen MR) is 119 cm³/mol. The largest absolute Gasteiger partial charge is 0.478 e. The summed E-state index contributed by atoms with van der Waals surface area (Å²) in [6.07, 6.45) is 1.23. The Kier molecular flexibility index (Phi) is 6.71. The summed E-state index contributed by atoms with van der Waals surface area (Å²) in [5.74, 6) is -1.30. The van der Waals surface area contributed by atoms with Crippen LogP contribution < -0.4 is 10.0 Å². The Morgan fingerprint density at radius 2 is 1.71 bits per heavy atom. The van der Waals surface area contributed by atoms with Gasteiger partial charge in [0.05, 0.1) is 11.3 Å². The van der Waals surface area contributed by atoms with Crippen LogP contribution in [0.4, 0.5) is 10.8 Å². The van der Waals surface area contributed by atoms with E-state index in [-0.39, 0.29) is 20.8 Å². The Bertz CT molecular complexity index is 1240. The molecule has 0 spiro atoms. The van der Waals surface area contributed by atoms with Gasteiger partial charge >= 0.3 is 5.97 Å². The van der Waals surface area contributed by atoms with E-state index in [2.05, 4.69) is 15.0 Å². The number of hydrogen-bond donors (Lipinski definition) is 3. The number of carbonyl (C=O) groups is 2. The molecule has 1 amide bonds. The number of aromatic nitrogens is 1. The van der Waals surface area contributed by atoms with Crippen LogP contribution >= 0.6 is 11.3 Å².